The van der Waals surface area contributed by atoms with Gasteiger partial charge in [0.2, 0.25) is 0 Å². The standard InChI is InChI=1S/C9H15ClF3NO3Si/c10-7-18-15-3-1-14(2-4-16-18)6-8(17-18)5-9(11,12)13/h8H,1-7H2. The molecular formula is C9H15ClF3NO3Si. The van der Waals surface area contributed by atoms with Crippen LogP contribution in [0.1, 0.15) is 6.42 Å². The van der Waals surface area contributed by atoms with E-state index in [0.29, 0.717) is 26.3 Å². The molecular weight excluding hydrogens is 291 g/mol. The lowest BCUT2D eigenvalue weighted by molar-refractivity contribution is -0.162. The lowest BCUT2D eigenvalue weighted by Gasteiger charge is -2.41. The van der Waals surface area contributed by atoms with E-state index in [4.69, 9.17) is 24.9 Å². The van der Waals surface area contributed by atoms with Crippen LogP contribution >= 0.6 is 11.6 Å². The topological polar surface area (TPSA) is 30.9 Å². The minimum absolute atomic E-state index is 0.0125. The Morgan fingerprint density at radius 1 is 1.22 bits per heavy atom. The van der Waals surface area contributed by atoms with Crippen LogP contribution < -0.4 is 0 Å². The van der Waals surface area contributed by atoms with Gasteiger partial charge in [-0.2, -0.15) is 13.2 Å². The van der Waals surface area contributed by atoms with Crippen molar-refractivity contribution in [3.63, 3.8) is 0 Å². The maximum absolute atomic E-state index is 12.5. The third-order valence-electron chi connectivity index (χ3n) is 2.89. The van der Waals surface area contributed by atoms with Crippen molar-refractivity contribution in [1.82, 2.24) is 4.90 Å². The van der Waals surface area contributed by atoms with E-state index < -0.39 is 27.5 Å². The lowest BCUT2D eigenvalue weighted by atomic mass is 10.2. The average molecular weight is 306 g/mol. The summed E-state index contributed by atoms with van der Waals surface area (Å²) >= 11 is 5.79. The SMILES string of the molecule is FC(F)(F)CC1CN2CCO[Si](CCl)(OCC2)O1. The summed E-state index contributed by atoms with van der Waals surface area (Å²) in [6.07, 6.45) is -6.22. The number of halogens is 4. The first-order chi connectivity index (χ1) is 8.42. The molecule has 3 fully saturated rings. The lowest BCUT2D eigenvalue weighted by Crippen LogP contribution is -2.59. The van der Waals surface area contributed by atoms with Crippen molar-refractivity contribution in [2.75, 3.05) is 38.4 Å². The fourth-order valence-electron chi connectivity index (χ4n) is 2.12. The van der Waals surface area contributed by atoms with Gasteiger partial charge in [0, 0.05) is 19.6 Å². The van der Waals surface area contributed by atoms with Gasteiger partial charge in [-0.15, -0.1) is 11.6 Å². The second-order valence-electron chi connectivity index (χ2n) is 4.37. The van der Waals surface area contributed by atoms with E-state index in [1.165, 1.54) is 0 Å². The van der Waals surface area contributed by atoms with Crippen molar-refractivity contribution in [1.29, 1.82) is 0 Å². The Labute approximate surface area is 109 Å². The number of hydrogen-bond donors (Lipinski definition) is 0. The van der Waals surface area contributed by atoms with Gasteiger partial charge >= 0.3 is 15.0 Å². The molecule has 18 heavy (non-hydrogen) atoms. The maximum Gasteiger partial charge on any atom is 0.516 e. The number of rotatable bonds is 2. The first kappa shape index (κ1) is 14.5. The van der Waals surface area contributed by atoms with Crippen molar-refractivity contribution >= 4 is 20.4 Å². The molecule has 3 aliphatic rings. The van der Waals surface area contributed by atoms with Crippen molar-refractivity contribution < 1.29 is 26.4 Å². The first-order valence-electron chi connectivity index (χ1n) is 5.73. The number of fused-ring (bicyclic) bond motifs is 6. The predicted molar refractivity (Wildman–Crippen MR) is 60.4 cm³/mol. The van der Waals surface area contributed by atoms with Crippen molar-refractivity contribution in [3.8, 4) is 0 Å². The highest BCUT2D eigenvalue weighted by atomic mass is 35.5. The molecule has 0 radical (unpaired) electrons. The number of alkyl halides is 4. The van der Waals surface area contributed by atoms with Gasteiger partial charge in [0.05, 0.1) is 31.2 Å². The summed E-state index contributed by atoms with van der Waals surface area (Å²) < 4.78 is 53.9. The van der Waals surface area contributed by atoms with Crippen LogP contribution in [0.2, 0.25) is 0 Å². The summed E-state index contributed by atoms with van der Waals surface area (Å²) in [5.41, 5.74) is -0.0125. The van der Waals surface area contributed by atoms with Crippen LogP contribution in [0.4, 0.5) is 13.2 Å². The zero-order valence-corrected chi connectivity index (χ0v) is 11.5. The first-order valence-corrected chi connectivity index (χ1v) is 8.20. The molecule has 0 aromatic rings. The van der Waals surface area contributed by atoms with Crippen molar-refractivity contribution in [3.05, 3.63) is 0 Å². The molecule has 3 rings (SSSR count). The van der Waals surface area contributed by atoms with E-state index in [0.717, 1.165) is 0 Å². The van der Waals surface area contributed by atoms with E-state index in [1.807, 2.05) is 4.90 Å². The summed E-state index contributed by atoms with van der Waals surface area (Å²) in [6.45, 7) is 2.20. The molecule has 3 aliphatic heterocycles. The maximum atomic E-state index is 12.5. The largest absolute Gasteiger partial charge is 0.516 e. The monoisotopic (exact) mass is 305 g/mol. The van der Waals surface area contributed by atoms with E-state index in [-0.39, 0.29) is 12.0 Å². The van der Waals surface area contributed by atoms with Gasteiger partial charge in [0.25, 0.3) is 0 Å². The molecule has 0 amide bonds. The molecule has 0 saturated carbocycles. The molecule has 4 nitrogen and oxygen atoms in total. The smallest absolute Gasteiger partial charge is 0.371 e. The van der Waals surface area contributed by atoms with Gasteiger partial charge in [-0.1, -0.05) is 0 Å². The van der Waals surface area contributed by atoms with E-state index in [2.05, 4.69) is 0 Å². The van der Waals surface area contributed by atoms with Crippen LogP contribution in [0, 0.1) is 0 Å². The molecule has 0 aromatic carbocycles. The number of hydrogen-bond acceptors (Lipinski definition) is 4. The third kappa shape index (κ3) is 3.81. The van der Waals surface area contributed by atoms with Crippen LogP contribution in [-0.2, 0) is 13.3 Å². The summed E-state index contributed by atoms with van der Waals surface area (Å²) in [7, 11) is -3.13. The molecule has 0 spiro atoms. The fourth-order valence-corrected chi connectivity index (χ4v) is 4.68. The highest BCUT2D eigenvalue weighted by Crippen LogP contribution is 2.28. The summed E-state index contributed by atoms with van der Waals surface area (Å²) in [5.74, 6) is 0. The quantitative estimate of drug-likeness (QED) is 0.570. The zero-order valence-electron chi connectivity index (χ0n) is 9.71. The van der Waals surface area contributed by atoms with Gasteiger partial charge in [-0.05, 0) is 0 Å². The minimum atomic E-state index is -4.26. The minimum Gasteiger partial charge on any atom is -0.371 e. The third-order valence-corrected chi connectivity index (χ3v) is 6.18. The van der Waals surface area contributed by atoms with Crippen LogP contribution in [-0.4, -0.2) is 64.3 Å². The second kappa shape index (κ2) is 5.64. The van der Waals surface area contributed by atoms with E-state index in [1.54, 1.807) is 0 Å². The van der Waals surface area contributed by atoms with Gasteiger partial charge in [-0.3, -0.25) is 4.90 Å². The Bertz CT molecular complexity index is 285. The predicted octanol–water partition coefficient (Wildman–Crippen LogP) is 1.40. The van der Waals surface area contributed by atoms with Crippen LogP contribution in [0.3, 0.4) is 0 Å². The van der Waals surface area contributed by atoms with Gasteiger partial charge in [0.1, 0.15) is 0 Å². The highest BCUT2D eigenvalue weighted by molar-refractivity contribution is 6.69. The molecule has 0 aliphatic carbocycles. The van der Waals surface area contributed by atoms with E-state index in [9.17, 15) is 13.2 Å². The Morgan fingerprint density at radius 3 is 2.33 bits per heavy atom. The summed E-state index contributed by atoms with van der Waals surface area (Å²) in [6, 6.07) is 0. The molecule has 9 heteroatoms. The van der Waals surface area contributed by atoms with Crippen molar-refractivity contribution in [2.24, 2.45) is 0 Å². The van der Waals surface area contributed by atoms with E-state index >= 15 is 0 Å². The molecule has 2 bridgehead atoms. The van der Waals surface area contributed by atoms with Gasteiger partial charge < -0.3 is 13.3 Å². The molecule has 0 N–H and O–H groups in total. The highest BCUT2D eigenvalue weighted by Gasteiger charge is 2.48. The Balaban J connectivity index is 2.12. The van der Waals surface area contributed by atoms with Gasteiger partial charge in [-0.25, -0.2) is 0 Å². The van der Waals surface area contributed by atoms with Crippen LogP contribution in [0.25, 0.3) is 0 Å². The van der Waals surface area contributed by atoms with Crippen LogP contribution in [0.15, 0.2) is 0 Å². The second-order valence-corrected chi connectivity index (χ2v) is 7.62. The average Bonchev–Trinajstić information content (AvgIpc) is 2.17. The Kier molecular flexibility index (Phi) is 4.55. The summed E-state index contributed by atoms with van der Waals surface area (Å²) in [4.78, 5) is 1.86. The fraction of sp³-hybridized carbons (Fsp3) is 1.00. The number of nitrogens with zero attached hydrogens (tertiary/aromatic N) is 1. The van der Waals surface area contributed by atoms with Crippen LogP contribution in [0.5, 0.6) is 0 Å². The van der Waals surface area contributed by atoms with Crippen molar-refractivity contribution in [2.45, 2.75) is 18.7 Å². The molecule has 0 aromatic heterocycles. The molecule has 106 valence electrons. The summed E-state index contributed by atoms with van der Waals surface area (Å²) in [5, 5.41) is 0. The van der Waals surface area contributed by atoms with Gasteiger partial charge in [0.15, 0.2) is 0 Å². The Hall–Kier alpha value is 0.137. The molecule has 1 unspecified atom stereocenters. The zero-order chi connectivity index (χ0) is 13.2. The molecule has 1 atom stereocenters. The molecule has 3 saturated heterocycles. The normalized spacial score (nSPS) is 38.0. The molecule has 3 heterocycles. The Morgan fingerprint density at radius 2 is 1.83 bits per heavy atom.